The van der Waals surface area contributed by atoms with Crippen LogP contribution in [-0.4, -0.2) is 67.9 Å². The van der Waals surface area contributed by atoms with E-state index in [1.807, 2.05) is 0 Å². The molecule has 3 rings (SSSR count). The van der Waals surface area contributed by atoms with Crippen LogP contribution in [0, 0.1) is 11.7 Å². The zero-order valence-electron chi connectivity index (χ0n) is 15.9. The van der Waals surface area contributed by atoms with E-state index in [0.717, 1.165) is 12.8 Å². The van der Waals surface area contributed by atoms with Gasteiger partial charge in [-0.15, -0.1) is 0 Å². The van der Waals surface area contributed by atoms with E-state index in [1.165, 1.54) is 34.8 Å². The van der Waals surface area contributed by atoms with Gasteiger partial charge in [-0.05, 0) is 49.9 Å². The summed E-state index contributed by atoms with van der Waals surface area (Å²) < 4.78 is 37.8. The minimum atomic E-state index is -3.25. The van der Waals surface area contributed by atoms with Crippen molar-refractivity contribution in [3.8, 4) is 0 Å². The molecule has 2 fully saturated rings. The monoisotopic (exact) mass is 411 g/mol. The Kier molecular flexibility index (Phi) is 6.34. The van der Waals surface area contributed by atoms with Crippen LogP contribution in [0.1, 0.15) is 36.0 Å². The highest BCUT2D eigenvalue weighted by Gasteiger charge is 2.31. The Balaban J connectivity index is 1.50. The second-order valence-corrected chi connectivity index (χ2v) is 9.52. The summed E-state index contributed by atoms with van der Waals surface area (Å²) in [7, 11) is -3.25. The van der Waals surface area contributed by atoms with E-state index in [2.05, 4.69) is 5.32 Å². The molecule has 1 aromatic carbocycles. The molecule has 0 saturated carbocycles. The summed E-state index contributed by atoms with van der Waals surface area (Å²) in [4.78, 5) is 26.7. The van der Waals surface area contributed by atoms with Crippen LogP contribution in [-0.2, 0) is 14.8 Å². The van der Waals surface area contributed by atoms with Crippen molar-refractivity contribution in [2.75, 3.05) is 32.4 Å². The molecule has 7 nitrogen and oxygen atoms in total. The third-order valence-electron chi connectivity index (χ3n) is 5.44. The number of likely N-dealkylation sites (tertiary alicyclic amines) is 1. The molecule has 0 radical (unpaired) electrons. The number of rotatable bonds is 4. The fraction of sp³-hybridized carbons (Fsp3) is 0.579. The molecule has 1 N–H and O–H groups in total. The molecule has 2 heterocycles. The Hall–Kier alpha value is -2.00. The highest BCUT2D eigenvalue weighted by Crippen LogP contribution is 2.21. The van der Waals surface area contributed by atoms with Gasteiger partial charge in [0.15, 0.2) is 0 Å². The van der Waals surface area contributed by atoms with E-state index in [1.54, 1.807) is 4.90 Å². The number of halogens is 1. The molecule has 9 heteroatoms. The number of sulfonamides is 1. The van der Waals surface area contributed by atoms with Crippen LogP contribution in [0.3, 0.4) is 0 Å². The number of amides is 2. The maximum absolute atomic E-state index is 13.0. The highest BCUT2D eigenvalue weighted by molar-refractivity contribution is 7.88. The first kappa shape index (κ1) is 20.7. The average molecular weight is 411 g/mol. The van der Waals surface area contributed by atoms with E-state index in [0.29, 0.717) is 44.6 Å². The molecular formula is C19H26FN3O4S. The number of hydrogen-bond donors (Lipinski definition) is 1. The van der Waals surface area contributed by atoms with Gasteiger partial charge in [0.2, 0.25) is 15.9 Å². The first-order valence-corrected chi connectivity index (χ1v) is 11.4. The third-order valence-corrected chi connectivity index (χ3v) is 6.71. The molecule has 0 spiro atoms. The number of benzene rings is 1. The molecule has 1 aromatic rings. The second-order valence-electron chi connectivity index (χ2n) is 7.54. The first-order chi connectivity index (χ1) is 13.2. The predicted molar refractivity (Wildman–Crippen MR) is 103 cm³/mol. The molecule has 28 heavy (non-hydrogen) atoms. The fourth-order valence-corrected chi connectivity index (χ4v) is 4.71. The van der Waals surface area contributed by atoms with Gasteiger partial charge in [0, 0.05) is 43.7 Å². The van der Waals surface area contributed by atoms with Crippen LogP contribution in [0.15, 0.2) is 24.3 Å². The van der Waals surface area contributed by atoms with Crippen molar-refractivity contribution in [2.24, 2.45) is 5.92 Å². The Morgan fingerprint density at radius 3 is 2.32 bits per heavy atom. The van der Waals surface area contributed by atoms with E-state index < -0.39 is 10.0 Å². The summed E-state index contributed by atoms with van der Waals surface area (Å²) in [6.07, 6.45) is 3.79. The zero-order chi connectivity index (χ0) is 20.3. The van der Waals surface area contributed by atoms with Crippen LogP contribution in [0.5, 0.6) is 0 Å². The minimum Gasteiger partial charge on any atom is -0.352 e. The quantitative estimate of drug-likeness (QED) is 0.807. The standard InChI is InChI=1S/C19H26FN3O4S/c1-28(26,27)23-10-2-3-17(13-23)21-18(24)14-8-11-22(12-9-14)19(25)15-4-6-16(20)7-5-15/h4-7,14,17H,2-3,8-13H2,1H3,(H,21,24). The number of nitrogens with zero attached hydrogens (tertiary/aromatic N) is 2. The van der Waals surface area contributed by atoms with E-state index in [9.17, 15) is 22.4 Å². The first-order valence-electron chi connectivity index (χ1n) is 9.54. The molecule has 2 amide bonds. The molecule has 1 atom stereocenters. The summed E-state index contributed by atoms with van der Waals surface area (Å²) in [5, 5.41) is 2.98. The molecule has 0 aromatic heterocycles. The van der Waals surface area contributed by atoms with Gasteiger partial charge in [0.1, 0.15) is 5.82 Å². The van der Waals surface area contributed by atoms with Gasteiger partial charge in [-0.3, -0.25) is 9.59 Å². The van der Waals surface area contributed by atoms with Crippen LogP contribution < -0.4 is 5.32 Å². The smallest absolute Gasteiger partial charge is 0.253 e. The SMILES string of the molecule is CS(=O)(=O)N1CCCC(NC(=O)C2CCN(C(=O)c3ccc(F)cc3)CC2)C1. The topological polar surface area (TPSA) is 86.8 Å². The van der Waals surface area contributed by atoms with Gasteiger partial charge >= 0.3 is 0 Å². The lowest BCUT2D eigenvalue weighted by molar-refractivity contribution is -0.127. The van der Waals surface area contributed by atoms with Crippen molar-refractivity contribution in [1.29, 1.82) is 0 Å². The second kappa shape index (κ2) is 8.57. The lowest BCUT2D eigenvalue weighted by atomic mass is 9.94. The van der Waals surface area contributed by atoms with Crippen molar-refractivity contribution in [3.05, 3.63) is 35.6 Å². The van der Waals surface area contributed by atoms with Crippen molar-refractivity contribution >= 4 is 21.8 Å². The maximum atomic E-state index is 13.0. The Morgan fingerprint density at radius 1 is 1.07 bits per heavy atom. The van der Waals surface area contributed by atoms with E-state index in [-0.39, 0.29) is 29.6 Å². The summed E-state index contributed by atoms with van der Waals surface area (Å²) in [5.41, 5.74) is 0.437. The average Bonchev–Trinajstić information content (AvgIpc) is 2.68. The molecule has 2 aliphatic rings. The van der Waals surface area contributed by atoms with Gasteiger partial charge in [-0.2, -0.15) is 0 Å². The molecule has 154 valence electrons. The van der Waals surface area contributed by atoms with E-state index in [4.69, 9.17) is 0 Å². The van der Waals surface area contributed by atoms with Crippen molar-refractivity contribution < 1.29 is 22.4 Å². The molecule has 2 saturated heterocycles. The van der Waals surface area contributed by atoms with Gasteiger partial charge in [-0.1, -0.05) is 0 Å². The van der Waals surface area contributed by atoms with Crippen LogP contribution >= 0.6 is 0 Å². The van der Waals surface area contributed by atoms with Gasteiger partial charge in [0.25, 0.3) is 5.91 Å². The van der Waals surface area contributed by atoms with Gasteiger partial charge < -0.3 is 10.2 Å². The van der Waals surface area contributed by atoms with Crippen molar-refractivity contribution in [3.63, 3.8) is 0 Å². The van der Waals surface area contributed by atoms with Crippen molar-refractivity contribution in [2.45, 2.75) is 31.7 Å². The van der Waals surface area contributed by atoms with Gasteiger partial charge in [-0.25, -0.2) is 17.1 Å². The summed E-state index contributed by atoms with van der Waals surface area (Å²) in [6, 6.07) is 5.28. The number of nitrogens with one attached hydrogen (secondary N) is 1. The highest BCUT2D eigenvalue weighted by atomic mass is 32.2. The van der Waals surface area contributed by atoms with Crippen LogP contribution in [0.4, 0.5) is 4.39 Å². The zero-order valence-corrected chi connectivity index (χ0v) is 16.8. The number of carbonyl (C=O) groups is 2. The summed E-state index contributed by atoms with van der Waals surface area (Å²) in [5.74, 6) is -0.806. The van der Waals surface area contributed by atoms with Gasteiger partial charge in [0.05, 0.1) is 6.26 Å². The number of carbonyl (C=O) groups excluding carboxylic acids is 2. The van der Waals surface area contributed by atoms with E-state index >= 15 is 0 Å². The molecule has 0 aliphatic carbocycles. The summed E-state index contributed by atoms with van der Waals surface area (Å²) in [6.45, 7) is 1.74. The lowest BCUT2D eigenvalue weighted by Gasteiger charge is -2.34. The molecule has 1 unspecified atom stereocenters. The Bertz CT molecular complexity index is 820. The fourth-order valence-electron chi connectivity index (χ4n) is 3.80. The lowest BCUT2D eigenvalue weighted by Crippen LogP contribution is -2.51. The maximum Gasteiger partial charge on any atom is 0.253 e. The number of hydrogen-bond acceptors (Lipinski definition) is 4. The van der Waals surface area contributed by atoms with Crippen molar-refractivity contribution in [1.82, 2.24) is 14.5 Å². The number of piperidine rings is 2. The predicted octanol–water partition coefficient (Wildman–Crippen LogP) is 1.22. The Labute approximate surface area is 164 Å². The van der Waals surface area contributed by atoms with Crippen LogP contribution in [0.25, 0.3) is 0 Å². The Morgan fingerprint density at radius 2 is 1.71 bits per heavy atom. The molecule has 2 aliphatic heterocycles. The molecule has 0 bridgehead atoms. The molecular weight excluding hydrogens is 385 g/mol. The minimum absolute atomic E-state index is 0.0748. The summed E-state index contributed by atoms with van der Waals surface area (Å²) >= 11 is 0. The van der Waals surface area contributed by atoms with Crippen LogP contribution in [0.2, 0.25) is 0 Å². The largest absolute Gasteiger partial charge is 0.352 e. The normalized spacial score (nSPS) is 22.1. The third kappa shape index (κ3) is 5.08.